The quantitative estimate of drug-likeness (QED) is 0.733. The van der Waals surface area contributed by atoms with Crippen LogP contribution >= 0.6 is 0 Å². The van der Waals surface area contributed by atoms with Crippen LogP contribution in [0, 0.1) is 11.8 Å². The first kappa shape index (κ1) is 12.0. The normalized spacial score (nSPS) is 24.4. The van der Waals surface area contributed by atoms with Crippen LogP contribution in [0.3, 0.4) is 0 Å². The molecule has 2 nitrogen and oxygen atoms in total. The predicted octanol–water partition coefficient (Wildman–Crippen LogP) is 2.13. The van der Waals surface area contributed by atoms with Gasteiger partial charge in [-0.15, -0.1) is 0 Å². The molecule has 0 aromatic rings. The summed E-state index contributed by atoms with van der Waals surface area (Å²) in [6.07, 6.45) is 5.06. The van der Waals surface area contributed by atoms with E-state index in [0.717, 1.165) is 12.5 Å². The molecule has 0 aromatic heterocycles. The van der Waals surface area contributed by atoms with Crippen molar-refractivity contribution in [2.45, 2.75) is 39.5 Å². The Labute approximate surface area is 88.3 Å². The number of aliphatic hydroxyl groups excluding tert-OH is 1. The molecule has 2 heteroatoms. The fourth-order valence-electron chi connectivity index (χ4n) is 2.38. The van der Waals surface area contributed by atoms with Crippen molar-refractivity contribution in [3.63, 3.8) is 0 Å². The summed E-state index contributed by atoms with van der Waals surface area (Å²) in [5, 5.41) is 9.13. The highest BCUT2D eigenvalue weighted by Gasteiger charge is 2.20. The summed E-state index contributed by atoms with van der Waals surface area (Å²) < 4.78 is 0. The first-order valence-electron chi connectivity index (χ1n) is 6.13. The third-order valence-corrected chi connectivity index (χ3v) is 3.53. The maximum atomic E-state index is 9.13. The molecule has 0 bridgehead atoms. The van der Waals surface area contributed by atoms with Crippen molar-refractivity contribution in [2.24, 2.45) is 11.8 Å². The smallest absolute Gasteiger partial charge is 0.0471 e. The molecular formula is C12H25NO. The second-order valence-corrected chi connectivity index (χ2v) is 4.63. The lowest BCUT2D eigenvalue weighted by Crippen LogP contribution is -2.39. The van der Waals surface area contributed by atoms with Gasteiger partial charge >= 0.3 is 0 Å². The first-order valence-corrected chi connectivity index (χ1v) is 6.13. The van der Waals surface area contributed by atoms with E-state index in [-0.39, 0.29) is 0 Å². The fourth-order valence-corrected chi connectivity index (χ4v) is 2.38. The van der Waals surface area contributed by atoms with Gasteiger partial charge in [-0.05, 0) is 31.2 Å². The molecular weight excluding hydrogens is 174 g/mol. The highest BCUT2D eigenvalue weighted by Crippen LogP contribution is 2.18. The van der Waals surface area contributed by atoms with E-state index in [1.165, 1.54) is 38.8 Å². The van der Waals surface area contributed by atoms with Gasteiger partial charge in [-0.25, -0.2) is 0 Å². The molecule has 0 unspecified atom stereocenters. The zero-order valence-corrected chi connectivity index (χ0v) is 9.71. The number of hydrogen-bond donors (Lipinski definition) is 1. The Kier molecular flexibility index (Phi) is 5.49. The van der Waals surface area contributed by atoms with Gasteiger partial charge in [-0.1, -0.05) is 26.7 Å². The molecule has 0 radical (unpaired) electrons. The van der Waals surface area contributed by atoms with Gasteiger partial charge in [0.05, 0.1) is 0 Å². The molecule has 1 heterocycles. The van der Waals surface area contributed by atoms with Crippen LogP contribution in [-0.2, 0) is 0 Å². The largest absolute Gasteiger partial charge is 0.396 e. The van der Waals surface area contributed by atoms with Crippen LogP contribution in [0.5, 0.6) is 0 Å². The molecule has 1 saturated heterocycles. The molecule has 0 amide bonds. The Bertz CT molecular complexity index is 145. The van der Waals surface area contributed by atoms with Crippen LogP contribution in [0.1, 0.15) is 39.5 Å². The van der Waals surface area contributed by atoms with Crippen molar-refractivity contribution < 1.29 is 5.11 Å². The van der Waals surface area contributed by atoms with E-state index in [4.69, 9.17) is 5.11 Å². The molecule has 0 aromatic carbocycles. The Hall–Kier alpha value is -0.0800. The summed E-state index contributed by atoms with van der Waals surface area (Å²) >= 11 is 0. The van der Waals surface area contributed by atoms with Gasteiger partial charge in [0.2, 0.25) is 0 Å². The van der Waals surface area contributed by atoms with Crippen molar-refractivity contribution in [1.82, 2.24) is 4.90 Å². The average molecular weight is 199 g/mol. The van der Waals surface area contributed by atoms with Crippen LogP contribution in [-0.4, -0.2) is 36.2 Å². The number of hydrogen-bond acceptors (Lipinski definition) is 2. The summed E-state index contributed by atoms with van der Waals surface area (Å²) in [7, 11) is 0. The van der Waals surface area contributed by atoms with E-state index in [2.05, 4.69) is 18.7 Å². The predicted molar refractivity (Wildman–Crippen MR) is 60.3 cm³/mol. The van der Waals surface area contributed by atoms with E-state index >= 15 is 0 Å². The summed E-state index contributed by atoms with van der Waals surface area (Å²) in [6.45, 7) is 8.53. The van der Waals surface area contributed by atoms with Crippen LogP contribution in [0.25, 0.3) is 0 Å². The molecule has 0 spiro atoms. The van der Waals surface area contributed by atoms with Gasteiger partial charge in [0.1, 0.15) is 0 Å². The molecule has 14 heavy (non-hydrogen) atoms. The molecule has 1 fully saturated rings. The highest BCUT2D eigenvalue weighted by atomic mass is 16.3. The van der Waals surface area contributed by atoms with Crippen molar-refractivity contribution in [3.8, 4) is 0 Å². The maximum Gasteiger partial charge on any atom is 0.0471 e. The zero-order chi connectivity index (χ0) is 10.4. The zero-order valence-electron chi connectivity index (χ0n) is 9.71. The van der Waals surface area contributed by atoms with E-state index in [1.54, 1.807) is 0 Å². The number of nitrogens with zero attached hydrogens (tertiary/aromatic N) is 1. The van der Waals surface area contributed by atoms with Gasteiger partial charge in [0.15, 0.2) is 0 Å². The van der Waals surface area contributed by atoms with Crippen LogP contribution in [0.2, 0.25) is 0 Å². The lowest BCUT2D eigenvalue weighted by Gasteiger charge is -2.33. The molecule has 84 valence electrons. The van der Waals surface area contributed by atoms with Gasteiger partial charge < -0.3 is 10.0 Å². The molecule has 1 rings (SSSR count). The lowest BCUT2D eigenvalue weighted by atomic mass is 9.96. The monoisotopic (exact) mass is 199 g/mol. The SMILES string of the molecule is CCC(CC)CN1CCC[C@@H](CO)C1. The van der Waals surface area contributed by atoms with Crippen LogP contribution < -0.4 is 0 Å². The second-order valence-electron chi connectivity index (χ2n) is 4.63. The Morgan fingerprint density at radius 1 is 1.36 bits per heavy atom. The molecule has 0 saturated carbocycles. The minimum atomic E-state index is 0.374. The Morgan fingerprint density at radius 3 is 2.64 bits per heavy atom. The van der Waals surface area contributed by atoms with Crippen LogP contribution in [0.15, 0.2) is 0 Å². The van der Waals surface area contributed by atoms with Gasteiger partial charge in [-0.3, -0.25) is 0 Å². The Morgan fingerprint density at radius 2 is 2.07 bits per heavy atom. The number of likely N-dealkylation sites (tertiary alicyclic amines) is 1. The molecule has 1 aliphatic rings. The van der Waals surface area contributed by atoms with Gasteiger partial charge in [-0.2, -0.15) is 0 Å². The van der Waals surface area contributed by atoms with E-state index in [1.807, 2.05) is 0 Å². The van der Waals surface area contributed by atoms with E-state index in [9.17, 15) is 0 Å². The first-order chi connectivity index (χ1) is 6.80. The third kappa shape index (κ3) is 3.58. The van der Waals surface area contributed by atoms with Crippen molar-refractivity contribution in [1.29, 1.82) is 0 Å². The standard InChI is InChI=1S/C12H25NO/c1-3-11(4-2)8-13-7-5-6-12(9-13)10-14/h11-12,14H,3-10H2,1-2H3/t12-/m1/s1. The molecule has 1 atom stereocenters. The minimum Gasteiger partial charge on any atom is -0.396 e. The topological polar surface area (TPSA) is 23.5 Å². The minimum absolute atomic E-state index is 0.374. The van der Waals surface area contributed by atoms with Crippen molar-refractivity contribution in [3.05, 3.63) is 0 Å². The molecule has 1 N–H and O–H groups in total. The third-order valence-electron chi connectivity index (χ3n) is 3.53. The van der Waals surface area contributed by atoms with Crippen LogP contribution in [0.4, 0.5) is 0 Å². The van der Waals surface area contributed by atoms with Crippen molar-refractivity contribution in [2.75, 3.05) is 26.2 Å². The number of rotatable bonds is 5. The Balaban J connectivity index is 2.29. The lowest BCUT2D eigenvalue weighted by molar-refractivity contribution is 0.106. The van der Waals surface area contributed by atoms with Crippen molar-refractivity contribution >= 4 is 0 Å². The number of aliphatic hydroxyl groups is 1. The average Bonchev–Trinajstić information content (AvgIpc) is 2.26. The summed E-state index contributed by atoms with van der Waals surface area (Å²) in [5.41, 5.74) is 0. The molecule has 0 aliphatic carbocycles. The summed E-state index contributed by atoms with van der Waals surface area (Å²) in [6, 6.07) is 0. The number of piperidine rings is 1. The van der Waals surface area contributed by atoms with E-state index < -0.39 is 0 Å². The molecule has 1 aliphatic heterocycles. The maximum absolute atomic E-state index is 9.13. The summed E-state index contributed by atoms with van der Waals surface area (Å²) in [5.74, 6) is 1.39. The highest BCUT2D eigenvalue weighted by molar-refractivity contribution is 4.74. The second kappa shape index (κ2) is 6.41. The summed E-state index contributed by atoms with van der Waals surface area (Å²) in [4.78, 5) is 2.54. The van der Waals surface area contributed by atoms with Gasteiger partial charge in [0, 0.05) is 19.7 Å². The van der Waals surface area contributed by atoms with Gasteiger partial charge in [0.25, 0.3) is 0 Å². The fraction of sp³-hybridized carbons (Fsp3) is 1.00. The van der Waals surface area contributed by atoms with E-state index in [0.29, 0.717) is 12.5 Å².